The highest BCUT2D eigenvalue weighted by Gasteiger charge is 2.22. The van der Waals surface area contributed by atoms with Gasteiger partial charge in [0.2, 0.25) is 0 Å². The molecule has 27 heavy (non-hydrogen) atoms. The lowest BCUT2D eigenvalue weighted by Gasteiger charge is -2.19. The first-order valence-electron chi connectivity index (χ1n) is 9.08. The summed E-state index contributed by atoms with van der Waals surface area (Å²) in [7, 11) is 1.98. The molecule has 1 aliphatic rings. The van der Waals surface area contributed by atoms with Crippen molar-refractivity contribution in [1.29, 1.82) is 0 Å². The van der Waals surface area contributed by atoms with Gasteiger partial charge in [-0.1, -0.05) is 18.2 Å². The van der Waals surface area contributed by atoms with Gasteiger partial charge in [-0.15, -0.1) is 11.3 Å². The molecule has 1 amide bonds. The van der Waals surface area contributed by atoms with Crippen molar-refractivity contribution in [3.05, 3.63) is 47.1 Å². The van der Waals surface area contributed by atoms with Crippen LogP contribution in [0.15, 0.2) is 36.7 Å². The number of amides is 1. The fourth-order valence-electron chi connectivity index (χ4n) is 3.39. The SMILES string of the molecule is Cc1c(C(=O)NCC2CCCO2)sc2ncnc(N(C)c3ccccc3)c12. The predicted molar refractivity (Wildman–Crippen MR) is 108 cm³/mol. The molecule has 0 bridgehead atoms. The van der Waals surface area contributed by atoms with E-state index in [9.17, 15) is 4.79 Å². The molecule has 4 rings (SSSR count). The molecule has 3 aromatic rings. The van der Waals surface area contributed by atoms with Crippen molar-refractivity contribution in [2.75, 3.05) is 25.1 Å². The Morgan fingerprint density at radius 2 is 2.15 bits per heavy atom. The Morgan fingerprint density at radius 3 is 2.89 bits per heavy atom. The lowest BCUT2D eigenvalue weighted by atomic mass is 10.1. The average Bonchev–Trinajstić information content (AvgIpc) is 3.34. The van der Waals surface area contributed by atoms with Crippen molar-refractivity contribution >= 4 is 39.0 Å². The highest BCUT2D eigenvalue weighted by Crippen LogP contribution is 2.36. The van der Waals surface area contributed by atoms with Crippen molar-refractivity contribution in [1.82, 2.24) is 15.3 Å². The summed E-state index contributed by atoms with van der Waals surface area (Å²) in [5, 5.41) is 3.93. The van der Waals surface area contributed by atoms with Crippen LogP contribution in [-0.4, -0.2) is 42.2 Å². The lowest BCUT2D eigenvalue weighted by molar-refractivity contribution is 0.0860. The van der Waals surface area contributed by atoms with Crippen molar-refractivity contribution in [2.45, 2.75) is 25.9 Å². The van der Waals surface area contributed by atoms with E-state index in [1.807, 2.05) is 49.2 Å². The van der Waals surface area contributed by atoms with Crippen LogP contribution in [0.5, 0.6) is 0 Å². The van der Waals surface area contributed by atoms with Crippen LogP contribution in [0, 0.1) is 6.92 Å². The van der Waals surface area contributed by atoms with Crippen LogP contribution < -0.4 is 10.2 Å². The third-order valence-corrected chi connectivity index (χ3v) is 6.09. The minimum atomic E-state index is -0.0701. The summed E-state index contributed by atoms with van der Waals surface area (Å²) in [6.45, 7) is 3.30. The van der Waals surface area contributed by atoms with Gasteiger partial charge in [0.25, 0.3) is 5.91 Å². The summed E-state index contributed by atoms with van der Waals surface area (Å²) in [5.41, 5.74) is 1.95. The van der Waals surface area contributed by atoms with Crippen molar-refractivity contribution < 1.29 is 9.53 Å². The van der Waals surface area contributed by atoms with Gasteiger partial charge >= 0.3 is 0 Å². The average molecular weight is 382 g/mol. The molecule has 6 nitrogen and oxygen atoms in total. The number of nitrogens with one attached hydrogen (secondary N) is 1. The fourth-order valence-corrected chi connectivity index (χ4v) is 4.45. The Kier molecular flexibility index (Phi) is 5.05. The summed E-state index contributed by atoms with van der Waals surface area (Å²) >= 11 is 1.41. The first-order valence-corrected chi connectivity index (χ1v) is 9.89. The molecule has 1 saturated heterocycles. The zero-order valence-electron chi connectivity index (χ0n) is 15.4. The van der Waals surface area contributed by atoms with Gasteiger partial charge in [-0.3, -0.25) is 4.79 Å². The minimum Gasteiger partial charge on any atom is -0.376 e. The second-order valence-electron chi connectivity index (χ2n) is 6.67. The normalized spacial score (nSPS) is 16.6. The number of aromatic nitrogens is 2. The zero-order valence-corrected chi connectivity index (χ0v) is 16.3. The number of aryl methyl sites for hydroxylation is 1. The number of thiophene rings is 1. The number of carbonyl (C=O) groups excluding carboxylic acids is 1. The van der Waals surface area contributed by atoms with E-state index in [1.54, 1.807) is 6.33 Å². The third-order valence-electron chi connectivity index (χ3n) is 4.89. The summed E-state index contributed by atoms with van der Waals surface area (Å²) in [4.78, 5) is 25.1. The number of hydrogen-bond donors (Lipinski definition) is 1. The largest absolute Gasteiger partial charge is 0.376 e. The molecule has 1 aliphatic heterocycles. The van der Waals surface area contributed by atoms with E-state index in [2.05, 4.69) is 15.3 Å². The molecular weight excluding hydrogens is 360 g/mol. The molecule has 2 aromatic heterocycles. The maximum Gasteiger partial charge on any atom is 0.261 e. The molecule has 1 atom stereocenters. The van der Waals surface area contributed by atoms with Crippen molar-refractivity contribution in [3.63, 3.8) is 0 Å². The highest BCUT2D eigenvalue weighted by molar-refractivity contribution is 7.20. The maximum absolute atomic E-state index is 12.7. The Hall–Kier alpha value is -2.51. The number of para-hydroxylation sites is 1. The van der Waals surface area contributed by atoms with E-state index < -0.39 is 0 Å². The van der Waals surface area contributed by atoms with Gasteiger partial charge < -0.3 is 15.0 Å². The Bertz CT molecular complexity index is 951. The van der Waals surface area contributed by atoms with E-state index >= 15 is 0 Å². The number of ether oxygens (including phenoxy) is 1. The standard InChI is InChI=1S/C20H22N4O2S/c1-13-16-18(24(2)14-7-4-3-5-8-14)22-12-23-20(16)27-17(13)19(25)21-11-15-9-6-10-26-15/h3-5,7-8,12,15H,6,9-11H2,1-2H3,(H,21,25). The zero-order chi connectivity index (χ0) is 18.8. The first kappa shape index (κ1) is 17.9. The lowest BCUT2D eigenvalue weighted by Crippen LogP contribution is -2.31. The summed E-state index contributed by atoms with van der Waals surface area (Å²) in [6.07, 6.45) is 3.75. The number of fused-ring (bicyclic) bond motifs is 1. The van der Waals surface area contributed by atoms with E-state index in [4.69, 9.17) is 4.74 Å². The van der Waals surface area contributed by atoms with E-state index in [1.165, 1.54) is 11.3 Å². The molecule has 0 spiro atoms. The number of anilines is 2. The number of benzene rings is 1. The van der Waals surface area contributed by atoms with Gasteiger partial charge in [0.05, 0.1) is 16.4 Å². The molecule has 0 radical (unpaired) electrons. The van der Waals surface area contributed by atoms with E-state index in [-0.39, 0.29) is 12.0 Å². The van der Waals surface area contributed by atoms with Gasteiger partial charge in [-0.05, 0) is 37.5 Å². The second kappa shape index (κ2) is 7.62. The molecule has 1 aromatic carbocycles. The van der Waals surface area contributed by atoms with Crippen molar-refractivity contribution in [2.24, 2.45) is 0 Å². The van der Waals surface area contributed by atoms with Gasteiger partial charge in [0.15, 0.2) is 0 Å². The minimum absolute atomic E-state index is 0.0701. The Balaban J connectivity index is 1.64. The van der Waals surface area contributed by atoms with Gasteiger partial charge in [-0.25, -0.2) is 9.97 Å². The summed E-state index contributed by atoms with van der Waals surface area (Å²) < 4.78 is 5.59. The summed E-state index contributed by atoms with van der Waals surface area (Å²) in [5.74, 6) is 0.734. The molecule has 0 aliphatic carbocycles. The molecule has 1 N–H and O–H groups in total. The molecule has 1 unspecified atom stereocenters. The van der Waals surface area contributed by atoms with Crippen LogP contribution >= 0.6 is 11.3 Å². The van der Waals surface area contributed by atoms with Crippen LogP contribution in [0.4, 0.5) is 11.5 Å². The van der Waals surface area contributed by atoms with Crippen LogP contribution in [-0.2, 0) is 4.74 Å². The van der Waals surface area contributed by atoms with Gasteiger partial charge in [0.1, 0.15) is 17.0 Å². The molecule has 140 valence electrons. The van der Waals surface area contributed by atoms with Crippen LogP contribution in [0.3, 0.4) is 0 Å². The number of carbonyl (C=O) groups is 1. The fraction of sp³-hybridized carbons (Fsp3) is 0.350. The van der Waals surface area contributed by atoms with Crippen molar-refractivity contribution in [3.8, 4) is 0 Å². The van der Waals surface area contributed by atoms with Gasteiger partial charge in [0, 0.05) is 25.9 Å². The smallest absolute Gasteiger partial charge is 0.261 e. The van der Waals surface area contributed by atoms with Gasteiger partial charge in [-0.2, -0.15) is 0 Å². The van der Waals surface area contributed by atoms with Crippen LogP contribution in [0.2, 0.25) is 0 Å². The van der Waals surface area contributed by atoms with Crippen LogP contribution in [0.25, 0.3) is 10.2 Å². The summed E-state index contributed by atoms with van der Waals surface area (Å²) in [6, 6.07) is 10.0. The molecule has 0 saturated carbocycles. The third kappa shape index (κ3) is 3.52. The molecular formula is C20H22N4O2S. The number of nitrogens with zero attached hydrogens (tertiary/aromatic N) is 3. The second-order valence-corrected chi connectivity index (χ2v) is 7.67. The first-order chi connectivity index (χ1) is 13.1. The monoisotopic (exact) mass is 382 g/mol. The topological polar surface area (TPSA) is 67.3 Å². The Labute approximate surface area is 162 Å². The maximum atomic E-state index is 12.7. The molecule has 3 heterocycles. The number of rotatable bonds is 5. The van der Waals surface area contributed by atoms with E-state index in [0.29, 0.717) is 11.4 Å². The Morgan fingerprint density at radius 1 is 1.33 bits per heavy atom. The molecule has 7 heteroatoms. The molecule has 1 fully saturated rings. The van der Waals surface area contributed by atoms with E-state index in [0.717, 1.165) is 46.7 Å². The highest BCUT2D eigenvalue weighted by atomic mass is 32.1. The predicted octanol–water partition coefficient (Wildman–Crippen LogP) is 3.68. The van der Waals surface area contributed by atoms with Crippen LogP contribution in [0.1, 0.15) is 28.1 Å². The number of hydrogen-bond acceptors (Lipinski definition) is 6. The quantitative estimate of drug-likeness (QED) is 0.729.